The predicted octanol–water partition coefficient (Wildman–Crippen LogP) is 4.11. The normalized spacial score (nSPS) is 11.4. The SMILES string of the molecule is Cc1ccc(COc2ccc(/C=N\NC(=O)CN(c3cc(C)ccc3C)S(C)(=O)=O)cc2)cc1. The summed E-state index contributed by atoms with van der Waals surface area (Å²) in [4.78, 5) is 12.4. The zero-order valence-corrected chi connectivity index (χ0v) is 20.6. The number of hydrazone groups is 1. The minimum atomic E-state index is -3.66. The van der Waals surface area contributed by atoms with Crippen molar-refractivity contribution in [3.05, 3.63) is 94.5 Å². The van der Waals surface area contributed by atoms with Crippen molar-refractivity contribution in [3.63, 3.8) is 0 Å². The second kappa shape index (κ2) is 11.0. The maximum Gasteiger partial charge on any atom is 0.260 e. The molecule has 0 aliphatic rings. The average molecular weight is 480 g/mol. The first-order valence-electron chi connectivity index (χ1n) is 10.8. The number of hydrogen-bond donors (Lipinski definition) is 1. The third-order valence-corrected chi connectivity index (χ3v) is 6.26. The number of sulfonamides is 1. The molecule has 34 heavy (non-hydrogen) atoms. The lowest BCUT2D eigenvalue weighted by atomic mass is 10.1. The maximum absolute atomic E-state index is 12.4. The Labute approximate surface area is 201 Å². The molecule has 3 aromatic rings. The van der Waals surface area contributed by atoms with Crippen molar-refractivity contribution >= 4 is 27.8 Å². The van der Waals surface area contributed by atoms with Crippen molar-refractivity contribution in [1.29, 1.82) is 0 Å². The molecule has 1 N–H and O–H groups in total. The molecule has 8 heteroatoms. The molecule has 0 fully saturated rings. The van der Waals surface area contributed by atoms with Gasteiger partial charge in [0, 0.05) is 0 Å². The van der Waals surface area contributed by atoms with E-state index >= 15 is 0 Å². The van der Waals surface area contributed by atoms with E-state index in [1.54, 1.807) is 13.0 Å². The molecule has 0 heterocycles. The number of anilines is 1. The van der Waals surface area contributed by atoms with Gasteiger partial charge >= 0.3 is 0 Å². The fourth-order valence-electron chi connectivity index (χ4n) is 3.21. The second-order valence-corrected chi connectivity index (χ2v) is 10.1. The Morgan fingerprint density at radius 1 is 0.971 bits per heavy atom. The molecule has 0 aliphatic carbocycles. The van der Waals surface area contributed by atoms with Gasteiger partial charge in [-0.2, -0.15) is 5.10 Å². The molecule has 7 nitrogen and oxygen atoms in total. The molecule has 0 aliphatic heterocycles. The van der Waals surface area contributed by atoms with E-state index in [-0.39, 0.29) is 6.54 Å². The summed E-state index contributed by atoms with van der Waals surface area (Å²) in [5.41, 5.74) is 7.58. The summed E-state index contributed by atoms with van der Waals surface area (Å²) < 4.78 is 31.5. The first kappa shape index (κ1) is 25.0. The third-order valence-electron chi connectivity index (χ3n) is 5.13. The first-order chi connectivity index (χ1) is 16.1. The quantitative estimate of drug-likeness (QED) is 0.370. The van der Waals surface area contributed by atoms with Gasteiger partial charge in [0.25, 0.3) is 5.91 Å². The van der Waals surface area contributed by atoms with Crippen LogP contribution in [0.2, 0.25) is 0 Å². The van der Waals surface area contributed by atoms with Crippen LogP contribution in [0.1, 0.15) is 27.8 Å². The monoisotopic (exact) mass is 479 g/mol. The standard InChI is InChI=1S/C26H29N3O4S/c1-19-6-9-23(10-7-19)18-33-24-13-11-22(12-14-24)16-27-28-26(30)17-29(34(4,31)32)25-15-20(2)5-8-21(25)3/h5-16H,17-18H2,1-4H3,(H,28,30)/b27-16-. The number of carbonyl (C=O) groups is 1. The van der Waals surface area contributed by atoms with Crippen LogP contribution in [0.4, 0.5) is 5.69 Å². The van der Waals surface area contributed by atoms with Crippen LogP contribution in [0.25, 0.3) is 0 Å². The molecular formula is C26H29N3O4S. The largest absolute Gasteiger partial charge is 0.489 e. The van der Waals surface area contributed by atoms with Gasteiger partial charge in [0.05, 0.1) is 18.2 Å². The number of carbonyl (C=O) groups excluding carboxylic acids is 1. The molecule has 0 saturated heterocycles. The van der Waals surface area contributed by atoms with Crippen LogP contribution in [0.5, 0.6) is 5.75 Å². The van der Waals surface area contributed by atoms with Crippen molar-refractivity contribution in [2.45, 2.75) is 27.4 Å². The average Bonchev–Trinajstić information content (AvgIpc) is 2.79. The zero-order valence-electron chi connectivity index (χ0n) is 19.8. The summed E-state index contributed by atoms with van der Waals surface area (Å²) in [6, 6.07) is 20.9. The van der Waals surface area contributed by atoms with Crippen molar-refractivity contribution in [2.75, 3.05) is 17.1 Å². The Balaban J connectivity index is 1.57. The van der Waals surface area contributed by atoms with Crippen LogP contribution in [-0.4, -0.2) is 33.3 Å². The van der Waals surface area contributed by atoms with Crippen LogP contribution in [0, 0.1) is 20.8 Å². The van der Waals surface area contributed by atoms with Crippen LogP contribution in [0.3, 0.4) is 0 Å². The lowest BCUT2D eigenvalue weighted by Gasteiger charge is -2.23. The molecule has 0 bridgehead atoms. The third kappa shape index (κ3) is 7.18. The van der Waals surface area contributed by atoms with Gasteiger partial charge in [0.1, 0.15) is 18.9 Å². The number of nitrogens with zero attached hydrogens (tertiary/aromatic N) is 2. The first-order valence-corrected chi connectivity index (χ1v) is 12.6. The van der Waals surface area contributed by atoms with Gasteiger partial charge in [-0.3, -0.25) is 9.10 Å². The van der Waals surface area contributed by atoms with Crippen molar-refractivity contribution in [2.24, 2.45) is 5.10 Å². The van der Waals surface area contributed by atoms with E-state index < -0.39 is 15.9 Å². The summed E-state index contributed by atoms with van der Waals surface area (Å²) in [5, 5.41) is 3.95. The number of hydrogen-bond acceptors (Lipinski definition) is 5. The molecule has 0 radical (unpaired) electrons. The molecule has 3 rings (SSSR count). The van der Waals surface area contributed by atoms with E-state index in [0.29, 0.717) is 12.3 Å². The van der Waals surface area contributed by atoms with Crippen molar-refractivity contribution in [1.82, 2.24) is 5.43 Å². The molecule has 0 saturated carbocycles. The molecule has 0 atom stereocenters. The van der Waals surface area contributed by atoms with Crippen molar-refractivity contribution < 1.29 is 17.9 Å². The number of rotatable bonds is 9. The molecule has 0 aromatic heterocycles. The smallest absolute Gasteiger partial charge is 0.260 e. The van der Waals surface area contributed by atoms with E-state index in [4.69, 9.17) is 4.74 Å². The highest BCUT2D eigenvalue weighted by Crippen LogP contribution is 2.23. The van der Waals surface area contributed by atoms with Gasteiger partial charge in [0.2, 0.25) is 10.0 Å². The minimum absolute atomic E-state index is 0.369. The number of aryl methyl sites for hydroxylation is 3. The number of benzene rings is 3. The molecule has 0 unspecified atom stereocenters. The Hall–Kier alpha value is -3.65. The van der Waals surface area contributed by atoms with Gasteiger partial charge in [0.15, 0.2) is 0 Å². The highest BCUT2D eigenvalue weighted by atomic mass is 32.2. The molecule has 3 aromatic carbocycles. The summed E-state index contributed by atoms with van der Waals surface area (Å²) in [5.74, 6) is 0.180. The van der Waals surface area contributed by atoms with Crippen LogP contribution < -0.4 is 14.5 Å². The van der Waals surface area contributed by atoms with Gasteiger partial charge in [-0.1, -0.05) is 42.0 Å². The minimum Gasteiger partial charge on any atom is -0.489 e. The molecule has 178 valence electrons. The van der Waals surface area contributed by atoms with Crippen LogP contribution in [0.15, 0.2) is 71.8 Å². The predicted molar refractivity (Wildman–Crippen MR) is 136 cm³/mol. The van der Waals surface area contributed by atoms with E-state index in [0.717, 1.165) is 38.6 Å². The van der Waals surface area contributed by atoms with Gasteiger partial charge in [-0.05, 0) is 73.4 Å². The lowest BCUT2D eigenvalue weighted by molar-refractivity contribution is -0.119. The molecular weight excluding hydrogens is 450 g/mol. The Bertz CT molecular complexity index is 1270. The Morgan fingerprint density at radius 3 is 2.26 bits per heavy atom. The van der Waals surface area contributed by atoms with E-state index in [1.807, 2.05) is 74.5 Å². The Morgan fingerprint density at radius 2 is 1.62 bits per heavy atom. The number of ether oxygens (including phenoxy) is 1. The summed E-state index contributed by atoms with van der Waals surface area (Å²) in [7, 11) is -3.66. The maximum atomic E-state index is 12.4. The summed E-state index contributed by atoms with van der Waals surface area (Å²) >= 11 is 0. The van der Waals surface area contributed by atoms with Crippen molar-refractivity contribution in [3.8, 4) is 5.75 Å². The van der Waals surface area contributed by atoms with E-state index in [9.17, 15) is 13.2 Å². The number of nitrogens with one attached hydrogen (secondary N) is 1. The highest BCUT2D eigenvalue weighted by molar-refractivity contribution is 7.92. The topological polar surface area (TPSA) is 88.1 Å². The zero-order chi connectivity index (χ0) is 24.7. The Kier molecular flexibility index (Phi) is 8.07. The molecule has 0 spiro atoms. The van der Waals surface area contributed by atoms with E-state index in [1.165, 1.54) is 11.8 Å². The summed E-state index contributed by atoms with van der Waals surface area (Å²) in [6.45, 7) is 5.82. The highest BCUT2D eigenvalue weighted by Gasteiger charge is 2.22. The summed E-state index contributed by atoms with van der Waals surface area (Å²) in [6.07, 6.45) is 2.57. The lowest BCUT2D eigenvalue weighted by Crippen LogP contribution is -2.39. The van der Waals surface area contributed by atoms with E-state index in [2.05, 4.69) is 10.5 Å². The van der Waals surface area contributed by atoms with Gasteiger partial charge < -0.3 is 4.74 Å². The fourth-order valence-corrected chi connectivity index (χ4v) is 4.12. The second-order valence-electron chi connectivity index (χ2n) is 8.20. The van der Waals surface area contributed by atoms with Gasteiger partial charge in [-0.15, -0.1) is 0 Å². The van der Waals surface area contributed by atoms with Crippen LogP contribution in [-0.2, 0) is 21.4 Å². The fraction of sp³-hybridized carbons (Fsp3) is 0.231. The number of amides is 1. The molecule has 1 amide bonds. The van der Waals surface area contributed by atoms with Crippen LogP contribution >= 0.6 is 0 Å². The van der Waals surface area contributed by atoms with Gasteiger partial charge in [-0.25, -0.2) is 13.8 Å².